The molecule has 1 saturated heterocycles. The number of ether oxygens (including phenoxy) is 1. The standard InChI is InChI=1S/C21H23F3N2O3/c1-29-18-4-2-3-16(19(18)27)20(28)25-13-17(14-5-7-15(22)8-6-14)26-11-9-21(23,24)10-12-26/h2-8,16-17H,9-13H2,1H3,(H,25,28). The van der Waals surface area contributed by atoms with Crippen LogP contribution in [0, 0.1) is 11.7 Å². The fraction of sp³-hybridized carbons (Fsp3) is 0.429. The third-order valence-corrected chi connectivity index (χ3v) is 5.27. The van der Waals surface area contributed by atoms with Gasteiger partial charge >= 0.3 is 0 Å². The molecule has 1 amide bonds. The Hall–Kier alpha value is -2.61. The van der Waals surface area contributed by atoms with Crippen molar-refractivity contribution in [2.45, 2.75) is 24.8 Å². The molecule has 1 aromatic rings. The van der Waals surface area contributed by atoms with Crippen molar-refractivity contribution in [1.29, 1.82) is 0 Å². The number of alkyl halides is 2. The molecule has 1 heterocycles. The summed E-state index contributed by atoms with van der Waals surface area (Å²) in [5.41, 5.74) is 0.708. The van der Waals surface area contributed by atoms with Gasteiger partial charge in [-0.1, -0.05) is 24.3 Å². The molecule has 8 heteroatoms. The largest absolute Gasteiger partial charge is 0.493 e. The number of benzene rings is 1. The first kappa shape index (κ1) is 21.1. The van der Waals surface area contributed by atoms with Crippen LogP contribution in [0.3, 0.4) is 0 Å². The van der Waals surface area contributed by atoms with Crippen molar-refractivity contribution in [3.8, 4) is 0 Å². The Kier molecular flexibility index (Phi) is 6.42. The third kappa shape index (κ3) is 5.06. The fourth-order valence-corrected chi connectivity index (χ4v) is 3.56. The molecule has 2 atom stereocenters. The van der Waals surface area contributed by atoms with E-state index in [1.54, 1.807) is 18.2 Å². The Morgan fingerprint density at radius 3 is 2.55 bits per heavy atom. The second-order valence-electron chi connectivity index (χ2n) is 7.17. The van der Waals surface area contributed by atoms with Crippen LogP contribution in [0.25, 0.3) is 0 Å². The minimum atomic E-state index is -2.70. The molecular weight excluding hydrogens is 385 g/mol. The van der Waals surface area contributed by atoms with Crippen LogP contribution in [0.2, 0.25) is 0 Å². The summed E-state index contributed by atoms with van der Waals surface area (Å²) in [4.78, 5) is 26.7. The smallest absolute Gasteiger partial charge is 0.250 e. The van der Waals surface area contributed by atoms with Crippen molar-refractivity contribution >= 4 is 11.7 Å². The van der Waals surface area contributed by atoms with Crippen LogP contribution in [0.1, 0.15) is 24.4 Å². The SMILES string of the molecule is COC1=CC=CC(C(=O)NCC(c2ccc(F)cc2)N2CCC(F)(F)CC2)C1=O. The van der Waals surface area contributed by atoms with E-state index in [4.69, 9.17) is 4.74 Å². The minimum Gasteiger partial charge on any atom is -0.493 e. The van der Waals surface area contributed by atoms with Gasteiger partial charge in [0, 0.05) is 32.5 Å². The van der Waals surface area contributed by atoms with Gasteiger partial charge in [0.1, 0.15) is 11.7 Å². The van der Waals surface area contributed by atoms with Gasteiger partial charge in [0.15, 0.2) is 5.76 Å². The van der Waals surface area contributed by atoms with E-state index in [2.05, 4.69) is 5.32 Å². The molecule has 3 rings (SSSR count). The number of allylic oxidation sites excluding steroid dienone is 3. The van der Waals surface area contributed by atoms with E-state index >= 15 is 0 Å². The first-order chi connectivity index (χ1) is 13.8. The summed E-state index contributed by atoms with van der Waals surface area (Å²) < 4.78 is 45.4. The van der Waals surface area contributed by atoms with Crippen molar-refractivity contribution in [2.24, 2.45) is 5.92 Å². The molecular formula is C21H23F3N2O3. The maximum absolute atomic E-state index is 13.6. The number of nitrogens with one attached hydrogen (secondary N) is 1. The normalized spacial score (nSPS) is 22.7. The van der Waals surface area contributed by atoms with Gasteiger partial charge in [0.25, 0.3) is 5.92 Å². The Labute approximate surface area is 167 Å². The number of carbonyl (C=O) groups is 2. The number of hydrogen-bond donors (Lipinski definition) is 1. The van der Waals surface area contributed by atoms with Crippen molar-refractivity contribution in [2.75, 3.05) is 26.7 Å². The quantitative estimate of drug-likeness (QED) is 0.736. The van der Waals surface area contributed by atoms with Gasteiger partial charge in [-0.25, -0.2) is 13.2 Å². The van der Waals surface area contributed by atoms with Crippen molar-refractivity contribution in [3.05, 3.63) is 59.6 Å². The zero-order valence-corrected chi connectivity index (χ0v) is 16.0. The predicted molar refractivity (Wildman–Crippen MR) is 101 cm³/mol. The van der Waals surface area contributed by atoms with E-state index < -0.39 is 35.4 Å². The summed E-state index contributed by atoms with van der Waals surface area (Å²) in [7, 11) is 1.36. The summed E-state index contributed by atoms with van der Waals surface area (Å²) >= 11 is 0. The fourth-order valence-electron chi connectivity index (χ4n) is 3.56. The number of amides is 1. The average molecular weight is 408 g/mol. The number of hydrogen-bond acceptors (Lipinski definition) is 4. The number of halogens is 3. The summed E-state index contributed by atoms with van der Waals surface area (Å²) in [5.74, 6) is -4.95. The second-order valence-corrected chi connectivity index (χ2v) is 7.17. The van der Waals surface area contributed by atoms with E-state index in [0.717, 1.165) is 0 Å². The van der Waals surface area contributed by atoms with E-state index in [9.17, 15) is 22.8 Å². The lowest BCUT2D eigenvalue weighted by molar-refractivity contribution is -0.132. The molecule has 1 aromatic carbocycles. The van der Waals surface area contributed by atoms with Gasteiger partial charge in [-0.15, -0.1) is 0 Å². The van der Waals surface area contributed by atoms with Crippen LogP contribution < -0.4 is 5.32 Å². The molecule has 0 spiro atoms. The summed E-state index contributed by atoms with van der Waals surface area (Å²) in [6.07, 6.45) is 4.00. The van der Waals surface area contributed by atoms with Crippen LogP contribution >= 0.6 is 0 Å². The van der Waals surface area contributed by atoms with Gasteiger partial charge in [-0.3, -0.25) is 14.5 Å². The molecule has 1 N–H and O–H groups in total. The number of nitrogens with zero attached hydrogens (tertiary/aromatic N) is 1. The van der Waals surface area contributed by atoms with Crippen molar-refractivity contribution < 1.29 is 27.5 Å². The number of rotatable bonds is 6. The Morgan fingerprint density at radius 1 is 1.28 bits per heavy atom. The summed E-state index contributed by atoms with van der Waals surface area (Å²) in [6.45, 7) is 0.424. The van der Waals surface area contributed by atoms with E-state index in [-0.39, 0.29) is 38.2 Å². The first-order valence-corrected chi connectivity index (χ1v) is 9.42. The van der Waals surface area contributed by atoms with Gasteiger partial charge < -0.3 is 10.1 Å². The lowest BCUT2D eigenvalue weighted by atomic mass is 9.96. The van der Waals surface area contributed by atoms with E-state index in [0.29, 0.717) is 5.56 Å². The molecule has 0 aromatic heterocycles. The second kappa shape index (κ2) is 8.82. The summed E-state index contributed by atoms with van der Waals surface area (Å²) in [6, 6.07) is 5.35. The molecule has 0 bridgehead atoms. The number of piperidine rings is 1. The number of methoxy groups -OCH3 is 1. The van der Waals surface area contributed by atoms with Crippen molar-refractivity contribution in [3.63, 3.8) is 0 Å². The maximum atomic E-state index is 13.6. The zero-order valence-electron chi connectivity index (χ0n) is 16.0. The van der Waals surface area contributed by atoms with Gasteiger partial charge in [0.2, 0.25) is 11.7 Å². The minimum absolute atomic E-state index is 0.0981. The number of carbonyl (C=O) groups excluding carboxylic acids is 2. The lowest BCUT2D eigenvalue weighted by Gasteiger charge is -2.38. The molecule has 1 aliphatic carbocycles. The molecule has 0 saturated carbocycles. The molecule has 2 aliphatic rings. The average Bonchev–Trinajstić information content (AvgIpc) is 2.70. The molecule has 1 aliphatic heterocycles. The molecule has 1 fully saturated rings. The highest BCUT2D eigenvalue weighted by Gasteiger charge is 2.37. The number of Topliss-reactive ketones (excluding diaryl/α,β-unsaturated/α-hetero) is 1. The highest BCUT2D eigenvalue weighted by atomic mass is 19.3. The van der Waals surface area contributed by atoms with Crippen LogP contribution in [0.15, 0.2) is 48.3 Å². The highest BCUT2D eigenvalue weighted by molar-refractivity contribution is 6.11. The third-order valence-electron chi connectivity index (χ3n) is 5.27. The predicted octanol–water partition coefficient (Wildman–Crippen LogP) is 3.00. The molecule has 29 heavy (non-hydrogen) atoms. The van der Waals surface area contributed by atoms with Gasteiger partial charge in [0.05, 0.1) is 13.2 Å². The van der Waals surface area contributed by atoms with E-state index in [1.165, 1.54) is 31.4 Å². The highest BCUT2D eigenvalue weighted by Crippen LogP contribution is 2.32. The first-order valence-electron chi connectivity index (χ1n) is 9.42. The van der Waals surface area contributed by atoms with Gasteiger partial charge in [-0.05, 0) is 23.8 Å². The Bertz CT molecular complexity index is 811. The van der Waals surface area contributed by atoms with Gasteiger partial charge in [-0.2, -0.15) is 0 Å². The van der Waals surface area contributed by atoms with Crippen LogP contribution in [0.4, 0.5) is 13.2 Å². The Morgan fingerprint density at radius 2 is 1.93 bits per heavy atom. The monoisotopic (exact) mass is 408 g/mol. The molecule has 0 radical (unpaired) electrons. The van der Waals surface area contributed by atoms with Crippen LogP contribution in [0.5, 0.6) is 0 Å². The topological polar surface area (TPSA) is 58.6 Å². The molecule has 5 nitrogen and oxygen atoms in total. The Balaban J connectivity index is 1.71. The number of likely N-dealkylation sites (tertiary alicyclic amines) is 1. The van der Waals surface area contributed by atoms with Crippen LogP contribution in [-0.4, -0.2) is 49.3 Å². The lowest BCUT2D eigenvalue weighted by Crippen LogP contribution is -2.46. The molecule has 2 unspecified atom stereocenters. The summed E-state index contributed by atoms with van der Waals surface area (Å²) in [5, 5.41) is 2.74. The van der Waals surface area contributed by atoms with Crippen molar-refractivity contribution in [1.82, 2.24) is 10.2 Å². The molecule has 156 valence electrons. The maximum Gasteiger partial charge on any atom is 0.250 e. The van der Waals surface area contributed by atoms with E-state index in [1.807, 2.05) is 4.90 Å². The number of ketones is 1. The zero-order chi connectivity index (χ0) is 21.0. The van der Waals surface area contributed by atoms with Crippen LogP contribution in [-0.2, 0) is 14.3 Å².